The first-order chi connectivity index (χ1) is 23.5. The second-order valence-electron chi connectivity index (χ2n) is 13.4. The van der Waals surface area contributed by atoms with Crippen LogP contribution in [0.2, 0.25) is 0 Å². The van der Waals surface area contributed by atoms with Gasteiger partial charge in [0.1, 0.15) is 19.7 Å². The predicted molar refractivity (Wildman–Crippen MR) is 188 cm³/mol. The maximum absolute atomic E-state index is 12.7. The van der Waals surface area contributed by atoms with E-state index in [9.17, 15) is 19.0 Å². The smallest absolute Gasteiger partial charge is 0.462 e. The van der Waals surface area contributed by atoms with Gasteiger partial charge in [-0.1, -0.05) is 142 Å². The van der Waals surface area contributed by atoms with Crippen molar-refractivity contribution in [3.8, 4) is 0 Å². The summed E-state index contributed by atoms with van der Waals surface area (Å²) in [5, 5.41) is 0. The first-order valence-electron chi connectivity index (χ1n) is 20.3. The average Bonchev–Trinajstić information content (AvgIpc) is 3.02. The van der Waals surface area contributed by atoms with Crippen molar-refractivity contribution in [3.63, 3.8) is 0 Å². The van der Waals surface area contributed by atoms with E-state index >= 15 is 0 Å². The molecule has 0 radical (unpaired) electrons. The third-order valence-electron chi connectivity index (χ3n) is 7.66. The fourth-order valence-corrected chi connectivity index (χ4v) is 5.47. The minimum atomic E-state index is -5.17. The molecule has 0 aliphatic rings. The normalized spacial score (nSPS) is 15.7. The Labute approximate surface area is 288 Å². The Morgan fingerprint density at radius 2 is 1.02 bits per heavy atom. The lowest BCUT2D eigenvalue weighted by Crippen LogP contribution is -2.37. The van der Waals surface area contributed by atoms with E-state index in [4.69, 9.17) is 19.5 Å². The van der Waals surface area contributed by atoms with Gasteiger partial charge in [0.05, 0.1) is 33.2 Å². The van der Waals surface area contributed by atoms with Gasteiger partial charge >= 0.3 is 19.8 Å². The molecule has 0 heterocycles. The van der Waals surface area contributed by atoms with Gasteiger partial charge in [0.15, 0.2) is 6.10 Å². The molecule has 0 aromatic carbocycles. The molecular formula is C36H73NO8P+. The number of esters is 2. The van der Waals surface area contributed by atoms with E-state index in [1.165, 1.54) is 111 Å². The topological polar surface area (TPSA) is 108 Å². The van der Waals surface area contributed by atoms with Crippen LogP contribution in [-0.2, 0) is 32.7 Å². The van der Waals surface area contributed by atoms with Crippen molar-refractivity contribution in [1.29, 1.82) is 0 Å². The zero-order valence-electron chi connectivity index (χ0n) is 34.2. The van der Waals surface area contributed by atoms with Gasteiger partial charge < -0.3 is 18.9 Å². The zero-order valence-corrected chi connectivity index (χ0v) is 31.1. The van der Waals surface area contributed by atoms with Gasteiger partial charge in [0.2, 0.25) is 0 Å². The number of hydrogen-bond donors (Lipinski definition) is 1. The highest BCUT2D eigenvalue weighted by Gasteiger charge is 2.27. The van der Waals surface area contributed by atoms with Gasteiger partial charge in [-0.2, -0.15) is 0 Å². The summed E-state index contributed by atoms with van der Waals surface area (Å²) >= 11 is 0. The molecule has 0 fully saturated rings. The maximum Gasteiger partial charge on any atom is 0.472 e. The summed E-state index contributed by atoms with van der Waals surface area (Å²) in [6, 6.07) is 0. The van der Waals surface area contributed by atoms with E-state index in [2.05, 4.69) is 18.4 Å². The molecule has 46 heavy (non-hydrogen) atoms. The lowest BCUT2D eigenvalue weighted by atomic mass is 10.1. The molecule has 9 nitrogen and oxygen atoms in total. The quantitative estimate of drug-likeness (QED) is 0.0309. The number of hydrogen-bond acceptors (Lipinski definition) is 7. The van der Waals surface area contributed by atoms with E-state index in [-0.39, 0.29) is 12.8 Å². The summed E-state index contributed by atoms with van der Waals surface area (Å²) in [6.45, 7) is -2.63. The molecule has 0 saturated heterocycles. The number of phosphoric ester groups is 1. The van der Waals surface area contributed by atoms with Crippen molar-refractivity contribution in [2.45, 2.75) is 174 Å². The van der Waals surface area contributed by atoms with Gasteiger partial charge in [-0.15, -0.1) is 0 Å². The minimum absolute atomic E-state index is 0.125. The fraction of sp³-hybridized carbons (Fsp3) is 0.944. The number of likely N-dealkylation sites (N-methyl/N-ethyl adjacent to an activating group) is 1. The third kappa shape index (κ3) is 32.9. The molecular weight excluding hydrogens is 605 g/mol. The molecule has 0 bridgehead atoms. The third-order valence-corrected chi connectivity index (χ3v) is 8.46. The first kappa shape index (κ1) is 37.8. The van der Waals surface area contributed by atoms with Gasteiger partial charge in [-0.05, 0) is 12.8 Å². The van der Waals surface area contributed by atoms with Gasteiger partial charge in [0, 0.05) is 12.8 Å². The molecule has 0 rings (SSSR count). The predicted octanol–water partition coefficient (Wildman–Crippen LogP) is 9.68. The molecule has 1 N–H and O–H groups in total. The van der Waals surface area contributed by atoms with Crippen LogP contribution in [-0.4, -0.2) is 74.8 Å². The summed E-state index contributed by atoms with van der Waals surface area (Å²) in [7, 11) is -1.04. The molecule has 0 saturated carbocycles. The van der Waals surface area contributed by atoms with E-state index < -0.39 is 56.6 Å². The van der Waals surface area contributed by atoms with E-state index in [0.29, 0.717) is 12.8 Å². The fourth-order valence-electron chi connectivity index (χ4n) is 4.90. The van der Waals surface area contributed by atoms with Crippen molar-refractivity contribution >= 4 is 19.8 Å². The number of phosphoric acid groups is 1. The molecule has 2 atom stereocenters. The highest BCUT2D eigenvalue weighted by molar-refractivity contribution is 7.47. The van der Waals surface area contributed by atoms with Crippen LogP contribution in [0, 0.1) is 0 Å². The number of quaternary nitrogens is 1. The highest BCUT2D eigenvalue weighted by Crippen LogP contribution is 2.43. The van der Waals surface area contributed by atoms with E-state index in [0.717, 1.165) is 38.5 Å². The standard InChI is InChI=1S/C36H72NO8P/c1-6-8-10-12-14-16-18-20-22-24-26-28-35(38)42-32-34(33-44-46(40,41)43-31-30-37(3,4)5)45-36(39)29-27-25-23-21-19-17-15-13-11-9-7-2/h34H,6-33H2,1-5H3/p+1/t34-/m1/s1/i30D2,31D2. The number of unbranched alkanes of at least 4 members (excludes halogenated alkanes) is 20. The first-order valence-corrected chi connectivity index (χ1v) is 19.8. The second-order valence-corrected chi connectivity index (χ2v) is 14.8. The zero-order chi connectivity index (χ0) is 37.9. The summed E-state index contributed by atoms with van der Waals surface area (Å²) in [6.07, 6.45) is 24.1. The molecule has 0 spiro atoms. The van der Waals surface area contributed by atoms with Crippen molar-refractivity contribution in [1.82, 2.24) is 0 Å². The van der Waals surface area contributed by atoms with Crippen molar-refractivity contribution in [2.24, 2.45) is 0 Å². The molecule has 0 aliphatic heterocycles. The van der Waals surface area contributed by atoms with Crippen molar-refractivity contribution in [3.05, 3.63) is 0 Å². The molecule has 0 aromatic heterocycles. The van der Waals surface area contributed by atoms with Crippen LogP contribution >= 0.6 is 7.82 Å². The molecule has 0 aromatic rings. The van der Waals surface area contributed by atoms with Crippen molar-refractivity contribution < 1.29 is 47.5 Å². The van der Waals surface area contributed by atoms with Gasteiger partial charge in [0.25, 0.3) is 0 Å². The largest absolute Gasteiger partial charge is 0.472 e. The Hall–Kier alpha value is -0.990. The van der Waals surface area contributed by atoms with Crippen LogP contribution < -0.4 is 0 Å². The summed E-state index contributed by atoms with van der Waals surface area (Å²) in [5.74, 6) is -1.05. The van der Waals surface area contributed by atoms with E-state index in [1.807, 2.05) is 0 Å². The van der Waals surface area contributed by atoms with Crippen molar-refractivity contribution in [2.75, 3.05) is 47.4 Å². The summed E-state index contributed by atoms with van der Waals surface area (Å²) in [5.41, 5.74) is 0. The van der Waals surface area contributed by atoms with Crippen LogP contribution in [0.5, 0.6) is 0 Å². The van der Waals surface area contributed by atoms with Gasteiger partial charge in [-0.25, -0.2) is 4.57 Å². The highest BCUT2D eigenvalue weighted by atomic mass is 31.2. The number of carbonyl (C=O) groups excluding carboxylic acids is 2. The summed E-state index contributed by atoms with van der Waals surface area (Å²) in [4.78, 5) is 35.4. The molecule has 0 aliphatic carbocycles. The number of rotatable bonds is 34. The molecule has 0 amide bonds. The Kier molecular flexibility index (Phi) is 24.7. The van der Waals surface area contributed by atoms with E-state index in [1.54, 1.807) is 0 Å². The van der Waals surface area contributed by atoms with Crippen LogP contribution in [0.1, 0.15) is 173 Å². The monoisotopic (exact) mass is 683 g/mol. The van der Waals surface area contributed by atoms with Crippen LogP contribution in [0.3, 0.4) is 0 Å². The lowest BCUT2D eigenvalue weighted by molar-refractivity contribution is -0.870. The van der Waals surface area contributed by atoms with Crippen LogP contribution in [0.25, 0.3) is 0 Å². The average molecular weight is 683 g/mol. The minimum Gasteiger partial charge on any atom is -0.462 e. The Balaban J connectivity index is 4.83. The Bertz CT molecular complexity index is 936. The SMILES string of the molecule is [2H]C([2H])(OP(=O)(O)OC[C@@H](COC(=O)CCCCCCCCCCCCC)OC(=O)CCCCCCCCCCCCC)C([2H])([2H])[N+](C)(C)C. The number of nitrogens with zero attached hydrogens (tertiary/aromatic N) is 1. The van der Waals surface area contributed by atoms with Crippen LogP contribution in [0.4, 0.5) is 0 Å². The van der Waals surface area contributed by atoms with Crippen LogP contribution in [0.15, 0.2) is 0 Å². The molecule has 1 unspecified atom stereocenters. The lowest BCUT2D eigenvalue weighted by Gasteiger charge is -2.24. The Morgan fingerprint density at radius 1 is 0.630 bits per heavy atom. The molecule has 10 heteroatoms. The maximum atomic E-state index is 12.7. The number of ether oxygens (including phenoxy) is 2. The summed E-state index contributed by atoms with van der Waals surface area (Å²) < 4.78 is 64.7. The second kappa shape index (κ2) is 30.1. The number of carbonyl (C=O) groups is 2. The van der Waals surface area contributed by atoms with Gasteiger partial charge in [-0.3, -0.25) is 18.6 Å². The Morgan fingerprint density at radius 3 is 1.43 bits per heavy atom. The molecule has 274 valence electrons.